The second kappa shape index (κ2) is 6.10. The monoisotopic (exact) mass is 270 g/mol. The minimum Gasteiger partial charge on any atom is -0.497 e. The lowest BCUT2D eigenvalue weighted by atomic mass is 10.1. The van der Waals surface area contributed by atoms with Gasteiger partial charge in [0, 0.05) is 0 Å². The molecule has 0 bridgehead atoms. The summed E-state index contributed by atoms with van der Waals surface area (Å²) < 4.78 is 11.0. The van der Waals surface area contributed by atoms with Crippen molar-refractivity contribution in [2.24, 2.45) is 5.73 Å². The van der Waals surface area contributed by atoms with Crippen molar-refractivity contribution in [3.8, 4) is 11.5 Å². The number of ether oxygens (including phenoxy) is 2. The van der Waals surface area contributed by atoms with Crippen LogP contribution in [0.1, 0.15) is 16.7 Å². The smallest absolute Gasteiger partial charge is 0.133 e. The lowest BCUT2D eigenvalue weighted by Crippen LogP contribution is -2.13. The summed E-state index contributed by atoms with van der Waals surface area (Å²) in [6.07, 6.45) is 0. The van der Waals surface area contributed by atoms with Crippen LogP contribution in [0.5, 0.6) is 11.5 Å². The van der Waals surface area contributed by atoms with Crippen LogP contribution in [0.3, 0.4) is 0 Å². The number of para-hydroxylation sites is 1. The van der Waals surface area contributed by atoms with E-state index in [1.165, 1.54) is 0 Å². The van der Waals surface area contributed by atoms with Gasteiger partial charge in [-0.3, -0.25) is 5.41 Å². The van der Waals surface area contributed by atoms with Crippen LogP contribution in [0.25, 0.3) is 0 Å². The summed E-state index contributed by atoms with van der Waals surface area (Å²) in [5.41, 5.74) is 8.16. The Morgan fingerprint density at radius 3 is 2.65 bits per heavy atom. The van der Waals surface area contributed by atoms with E-state index in [4.69, 9.17) is 20.6 Å². The molecule has 2 aromatic rings. The second-order valence-corrected chi connectivity index (χ2v) is 4.51. The van der Waals surface area contributed by atoms with Crippen LogP contribution in [0.4, 0.5) is 0 Å². The van der Waals surface area contributed by atoms with E-state index in [9.17, 15) is 0 Å². The Morgan fingerprint density at radius 2 is 1.95 bits per heavy atom. The number of amidine groups is 1. The van der Waals surface area contributed by atoms with E-state index >= 15 is 0 Å². The van der Waals surface area contributed by atoms with E-state index < -0.39 is 0 Å². The van der Waals surface area contributed by atoms with Crippen molar-refractivity contribution in [2.75, 3.05) is 7.11 Å². The van der Waals surface area contributed by atoms with Gasteiger partial charge in [-0.15, -0.1) is 0 Å². The lowest BCUT2D eigenvalue weighted by Gasteiger charge is -2.13. The third-order valence-electron chi connectivity index (χ3n) is 3.02. The standard InChI is InChI=1S/C16H18N2O2/c1-11-5-3-8-14(16(17)18)15(11)20-10-12-6-4-7-13(9-12)19-2/h3-9H,10H2,1-2H3,(H3,17,18). The summed E-state index contributed by atoms with van der Waals surface area (Å²) >= 11 is 0. The highest BCUT2D eigenvalue weighted by Gasteiger charge is 2.09. The van der Waals surface area contributed by atoms with Crippen LogP contribution in [-0.2, 0) is 6.61 Å². The molecule has 20 heavy (non-hydrogen) atoms. The zero-order chi connectivity index (χ0) is 14.5. The number of nitrogens with one attached hydrogen (secondary N) is 1. The third-order valence-corrected chi connectivity index (χ3v) is 3.02. The molecule has 0 saturated carbocycles. The number of benzene rings is 2. The van der Waals surface area contributed by atoms with E-state index in [0.29, 0.717) is 17.9 Å². The highest BCUT2D eigenvalue weighted by Crippen LogP contribution is 2.24. The van der Waals surface area contributed by atoms with E-state index in [1.807, 2.05) is 43.3 Å². The Morgan fingerprint density at radius 1 is 1.20 bits per heavy atom. The maximum absolute atomic E-state index is 7.60. The van der Waals surface area contributed by atoms with Crippen LogP contribution in [0, 0.1) is 12.3 Å². The molecule has 104 valence electrons. The summed E-state index contributed by atoms with van der Waals surface area (Å²) in [5.74, 6) is 1.46. The van der Waals surface area contributed by atoms with Crippen LogP contribution in [-0.4, -0.2) is 12.9 Å². The third kappa shape index (κ3) is 3.09. The van der Waals surface area contributed by atoms with E-state index in [0.717, 1.165) is 16.9 Å². The minimum atomic E-state index is 0.00865. The van der Waals surface area contributed by atoms with Gasteiger partial charge >= 0.3 is 0 Å². The number of nitrogen functional groups attached to an aromatic ring is 1. The van der Waals surface area contributed by atoms with E-state index in [1.54, 1.807) is 13.2 Å². The first kappa shape index (κ1) is 13.9. The number of nitrogens with two attached hydrogens (primary N) is 1. The van der Waals surface area contributed by atoms with Crippen LogP contribution in [0.15, 0.2) is 42.5 Å². The molecule has 0 aromatic heterocycles. The van der Waals surface area contributed by atoms with Gasteiger partial charge in [0.25, 0.3) is 0 Å². The molecule has 0 aliphatic carbocycles. The van der Waals surface area contributed by atoms with Gasteiger partial charge in [0.15, 0.2) is 0 Å². The SMILES string of the molecule is COc1cccc(COc2c(C)cccc2C(=N)N)c1. The van der Waals surface area contributed by atoms with Crippen LogP contribution in [0.2, 0.25) is 0 Å². The summed E-state index contributed by atoms with van der Waals surface area (Å²) in [6.45, 7) is 2.34. The fourth-order valence-corrected chi connectivity index (χ4v) is 1.97. The van der Waals surface area contributed by atoms with Gasteiger partial charge in [-0.25, -0.2) is 0 Å². The molecule has 0 saturated heterocycles. The molecule has 0 amide bonds. The van der Waals surface area contributed by atoms with Gasteiger partial charge in [0.05, 0.1) is 12.7 Å². The molecule has 0 fully saturated rings. The zero-order valence-corrected chi connectivity index (χ0v) is 11.6. The molecule has 2 rings (SSSR count). The molecule has 4 nitrogen and oxygen atoms in total. The molecule has 2 aromatic carbocycles. The van der Waals surface area contributed by atoms with E-state index in [-0.39, 0.29) is 5.84 Å². The first-order valence-corrected chi connectivity index (χ1v) is 6.31. The van der Waals surface area contributed by atoms with Crippen molar-refractivity contribution >= 4 is 5.84 Å². The molecule has 0 aliphatic heterocycles. The Labute approximate surface area is 118 Å². The van der Waals surface area contributed by atoms with E-state index in [2.05, 4.69) is 0 Å². The first-order valence-electron chi connectivity index (χ1n) is 6.31. The molecule has 0 unspecified atom stereocenters. The molecule has 3 N–H and O–H groups in total. The normalized spacial score (nSPS) is 10.1. The summed E-state index contributed by atoms with van der Waals surface area (Å²) in [5, 5.41) is 7.60. The molecular formula is C16H18N2O2. The van der Waals surface area contributed by atoms with Gasteiger partial charge in [0.2, 0.25) is 0 Å². The van der Waals surface area contributed by atoms with Gasteiger partial charge < -0.3 is 15.2 Å². The average molecular weight is 270 g/mol. The van der Waals surface area contributed by atoms with Crippen molar-refractivity contribution in [1.82, 2.24) is 0 Å². The number of hydrogen-bond donors (Lipinski definition) is 2. The van der Waals surface area contributed by atoms with Gasteiger partial charge in [-0.05, 0) is 36.2 Å². The number of hydrogen-bond acceptors (Lipinski definition) is 3. The fraction of sp³-hybridized carbons (Fsp3) is 0.188. The molecule has 0 heterocycles. The zero-order valence-electron chi connectivity index (χ0n) is 11.6. The highest BCUT2D eigenvalue weighted by atomic mass is 16.5. The minimum absolute atomic E-state index is 0.00865. The van der Waals surface area contributed by atoms with Crippen molar-refractivity contribution in [2.45, 2.75) is 13.5 Å². The second-order valence-electron chi connectivity index (χ2n) is 4.51. The molecule has 0 aliphatic rings. The Kier molecular flexibility index (Phi) is 4.25. The topological polar surface area (TPSA) is 68.3 Å². The molecule has 0 atom stereocenters. The summed E-state index contributed by atoms with van der Waals surface area (Å²) in [7, 11) is 1.63. The predicted molar refractivity (Wildman–Crippen MR) is 79.5 cm³/mol. The predicted octanol–water partition coefficient (Wildman–Crippen LogP) is 2.87. The average Bonchev–Trinajstić information content (AvgIpc) is 2.45. The number of aryl methyl sites for hydroxylation is 1. The fourth-order valence-electron chi connectivity index (χ4n) is 1.97. The maximum atomic E-state index is 7.60. The van der Waals surface area contributed by atoms with Gasteiger partial charge in [0.1, 0.15) is 23.9 Å². The molecule has 0 radical (unpaired) electrons. The van der Waals surface area contributed by atoms with Crippen molar-refractivity contribution in [1.29, 1.82) is 5.41 Å². The highest BCUT2D eigenvalue weighted by molar-refractivity contribution is 5.98. The van der Waals surface area contributed by atoms with Crippen LogP contribution < -0.4 is 15.2 Å². The van der Waals surface area contributed by atoms with Crippen molar-refractivity contribution < 1.29 is 9.47 Å². The number of methoxy groups -OCH3 is 1. The quantitative estimate of drug-likeness (QED) is 0.648. The summed E-state index contributed by atoms with van der Waals surface area (Å²) in [6, 6.07) is 13.3. The Balaban J connectivity index is 2.20. The maximum Gasteiger partial charge on any atom is 0.133 e. The van der Waals surface area contributed by atoms with Crippen LogP contribution >= 0.6 is 0 Å². The molecular weight excluding hydrogens is 252 g/mol. The molecule has 4 heteroatoms. The first-order chi connectivity index (χ1) is 9.61. The molecule has 0 spiro atoms. The largest absolute Gasteiger partial charge is 0.497 e. The van der Waals surface area contributed by atoms with Gasteiger partial charge in [-0.2, -0.15) is 0 Å². The summed E-state index contributed by atoms with van der Waals surface area (Å²) in [4.78, 5) is 0. The van der Waals surface area contributed by atoms with Crippen molar-refractivity contribution in [3.63, 3.8) is 0 Å². The van der Waals surface area contributed by atoms with Gasteiger partial charge in [-0.1, -0.05) is 24.3 Å². The number of rotatable bonds is 5. The Bertz CT molecular complexity index is 624. The lowest BCUT2D eigenvalue weighted by molar-refractivity contribution is 0.302. The van der Waals surface area contributed by atoms with Crippen molar-refractivity contribution in [3.05, 3.63) is 59.2 Å². The Hall–Kier alpha value is -2.49.